The highest BCUT2D eigenvalue weighted by molar-refractivity contribution is 5.94. The first-order valence-electron chi connectivity index (χ1n) is 10.1. The number of carbonyl (C=O) groups excluding carboxylic acids is 1. The van der Waals surface area contributed by atoms with Gasteiger partial charge in [0.25, 0.3) is 5.91 Å². The van der Waals surface area contributed by atoms with E-state index in [9.17, 15) is 4.79 Å². The Morgan fingerprint density at radius 2 is 1.93 bits per heavy atom. The number of piperidine rings is 1. The van der Waals surface area contributed by atoms with E-state index in [4.69, 9.17) is 0 Å². The van der Waals surface area contributed by atoms with Gasteiger partial charge in [0.2, 0.25) is 0 Å². The molecule has 144 valence electrons. The van der Waals surface area contributed by atoms with Crippen LogP contribution in [0.4, 0.5) is 0 Å². The fourth-order valence-electron chi connectivity index (χ4n) is 4.03. The molecule has 0 aliphatic carbocycles. The molecule has 28 heavy (non-hydrogen) atoms. The lowest BCUT2D eigenvalue weighted by atomic mass is 10.00. The van der Waals surface area contributed by atoms with Crippen molar-refractivity contribution in [2.75, 3.05) is 13.1 Å². The van der Waals surface area contributed by atoms with E-state index in [0.29, 0.717) is 12.5 Å². The first-order valence-corrected chi connectivity index (χ1v) is 10.1. The van der Waals surface area contributed by atoms with Gasteiger partial charge in [0.05, 0.1) is 0 Å². The van der Waals surface area contributed by atoms with Crippen molar-refractivity contribution in [2.45, 2.75) is 33.2 Å². The van der Waals surface area contributed by atoms with Gasteiger partial charge in [-0.1, -0.05) is 31.2 Å². The molecule has 2 aromatic heterocycles. The molecule has 3 aromatic rings. The minimum atomic E-state index is 0.139. The first kappa shape index (κ1) is 18.5. The van der Waals surface area contributed by atoms with E-state index < -0.39 is 0 Å². The second-order valence-corrected chi connectivity index (χ2v) is 7.90. The normalized spacial score (nSPS) is 16.9. The summed E-state index contributed by atoms with van der Waals surface area (Å²) in [6.45, 7) is 6.75. The van der Waals surface area contributed by atoms with Crippen LogP contribution in [0.15, 0.2) is 61.1 Å². The summed E-state index contributed by atoms with van der Waals surface area (Å²) in [6.07, 6.45) is 7.98. The number of carbonyl (C=O) groups is 1. The zero-order valence-electron chi connectivity index (χ0n) is 16.6. The molecule has 1 amide bonds. The van der Waals surface area contributed by atoms with Crippen molar-refractivity contribution in [3.8, 4) is 11.1 Å². The van der Waals surface area contributed by atoms with Crippen molar-refractivity contribution < 1.29 is 4.79 Å². The van der Waals surface area contributed by atoms with Gasteiger partial charge in [-0.15, -0.1) is 0 Å². The molecule has 0 N–H and O–H groups in total. The molecule has 1 fully saturated rings. The largest absolute Gasteiger partial charge is 0.338 e. The van der Waals surface area contributed by atoms with Crippen LogP contribution in [-0.2, 0) is 6.54 Å². The molecule has 0 radical (unpaired) electrons. The molecule has 4 nitrogen and oxygen atoms in total. The summed E-state index contributed by atoms with van der Waals surface area (Å²) >= 11 is 0. The van der Waals surface area contributed by atoms with Gasteiger partial charge in [-0.3, -0.25) is 9.78 Å². The van der Waals surface area contributed by atoms with Crippen molar-refractivity contribution in [1.82, 2.24) is 14.5 Å². The van der Waals surface area contributed by atoms with E-state index in [1.807, 2.05) is 23.1 Å². The van der Waals surface area contributed by atoms with Gasteiger partial charge in [-0.25, -0.2) is 0 Å². The highest BCUT2D eigenvalue weighted by Gasteiger charge is 2.25. The number of aromatic nitrogens is 2. The molecule has 3 heterocycles. The summed E-state index contributed by atoms with van der Waals surface area (Å²) in [5.74, 6) is 0.706. The summed E-state index contributed by atoms with van der Waals surface area (Å²) in [5, 5.41) is 0. The fourth-order valence-corrected chi connectivity index (χ4v) is 4.03. The summed E-state index contributed by atoms with van der Waals surface area (Å²) in [6, 6.07) is 14.4. The number of benzene rings is 1. The Bertz CT molecular complexity index is 961. The Morgan fingerprint density at radius 1 is 1.14 bits per heavy atom. The van der Waals surface area contributed by atoms with Gasteiger partial charge < -0.3 is 9.47 Å². The average molecular weight is 374 g/mol. The molecule has 1 atom stereocenters. The number of likely N-dealkylation sites (tertiary alicyclic amines) is 1. The monoisotopic (exact) mass is 373 g/mol. The van der Waals surface area contributed by atoms with E-state index in [0.717, 1.165) is 36.3 Å². The Hall–Kier alpha value is -2.88. The number of rotatable bonds is 4. The molecule has 4 rings (SSSR count). The number of hydrogen-bond acceptors (Lipinski definition) is 2. The topological polar surface area (TPSA) is 38.1 Å². The van der Waals surface area contributed by atoms with Crippen LogP contribution in [0.5, 0.6) is 0 Å². The molecule has 0 spiro atoms. The maximum atomic E-state index is 13.4. The fraction of sp³-hybridized carbons (Fsp3) is 0.333. The van der Waals surface area contributed by atoms with Crippen LogP contribution in [0, 0.1) is 12.8 Å². The number of amides is 1. The lowest BCUT2D eigenvalue weighted by Gasteiger charge is -2.31. The highest BCUT2D eigenvalue weighted by atomic mass is 16.2. The van der Waals surface area contributed by atoms with Gasteiger partial charge in [-0.05, 0) is 60.6 Å². The molecule has 1 aromatic carbocycles. The third-order valence-corrected chi connectivity index (χ3v) is 5.68. The molecule has 1 unspecified atom stereocenters. The van der Waals surface area contributed by atoms with Crippen LogP contribution >= 0.6 is 0 Å². The third-order valence-electron chi connectivity index (χ3n) is 5.68. The van der Waals surface area contributed by atoms with Crippen molar-refractivity contribution >= 4 is 5.91 Å². The van der Waals surface area contributed by atoms with Crippen molar-refractivity contribution in [2.24, 2.45) is 5.92 Å². The molecule has 4 heteroatoms. The third kappa shape index (κ3) is 3.86. The second-order valence-electron chi connectivity index (χ2n) is 7.90. The second kappa shape index (κ2) is 8.01. The standard InChI is InChI=1S/C24H27N3O/c1-18-6-5-13-26(15-18)24(28)23-14-22(20-9-11-25-12-10-20)17-27(23)16-21-8-4-3-7-19(21)2/h3-4,7-12,14,17-18H,5-6,13,15-16H2,1-2H3. The Morgan fingerprint density at radius 3 is 2.68 bits per heavy atom. The minimum absolute atomic E-state index is 0.139. The van der Waals surface area contributed by atoms with Gasteiger partial charge >= 0.3 is 0 Å². The summed E-state index contributed by atoms with van der Waals surface area (Å²) in [4.78, 5) is 19.5. The van der Waals surface area contributed by atoms with Gasteiger partial charge in [0.1, 0.15) is 5.69 Å². The zero-order chi connectivity index (χ0) is 19.5. The molecular weight excluding hydrogens is 346 g/mol. The SMILES string of the molecule is Cc1ccccc1Cn1cc(-c2ccncc2)cc1C(=O)N1CCCC(C)C1. The van der Waals surface area contributed by atoms with E-state index in [1.54, 1.807) is 12.4 Å². The van der Waals surface area contributed by atoms with Crippen LogP contribution in [0.2, 0.25) is 0 Å². The highest BCUT2D eigenvalue weighted by Crippen LogP contribution is 2.25. The van der Waals surface area contributed by atoms with Crippen LogP contribution in [0.3, 0.4) is 0 Å². The predicted molar refractivity (Wildman–Crippen MR) is 112 cm³/mol. The summed E-state index contributed by atoms with van der Waals surface area (Å²) in [7, 11) is 0. The Kier molecular flexibility index (Phi) is 5.29. The summed E-state index contributed by atoms with van der Waals surface area (Å²) < 4.78 is 2.11. The van der Waals surface area contributed by atoms with E-state index in [2.05, 4.69) is 53.9 Å². The lowest BCUT2D eigenvalue weighted by Crippen LogP contribution is -2.40. The van der Waals surface area contributed by atoms with Gasteiger partial charge in [0.15, 0.2) is 0 Å². The maximum Gasteiger partial charge on any atom is 0.270 e. The molecule has 0 saturated carbocycles. The molecule has 0 bridgehead atoms. The van der Waals surface area contributed by atoms with Crippen LogP contribution in [0.1, 0.15) is 41.4 Å². The smallest absolute Gasteiger partial charge is 0.270 e. The summed E-state index contributed by atoms with van der Waals surface area (Å²) in [5.41, 5.74) is 5.39. The molecule has 1 saturated heterocycles. The average Bonchev–Trinajstić information content (AvgIpc) is 3.14. The van der Waals surface area contributed by atoms with Gasteiger partial charge in [0, 0.05) is 43.8 Å². The number of pyridine rings is 1. The number of hydrogen-bond donors (Lipinski definition) is 0. The quantitative estimate of drug-likeness (QED) is 0.660. The number of nitrogens with zero attached hydrogens (tertiary/aromatic N) is 3. The van der Waals surface area contributed by atoms with Crippen molar-refractivity contribution in [3.05, 3.63) is 77.9 Å². The molecule has 1 aliphatic heterocycles. The first-order chi connectivity index (χ1) is 13.6. The Labute approximate surface area is 166 Å². The van der Waals surface area contributed by atoms with Crippen LogP contribution in [-0.4, -0.2) is 33.4 Å². The van der Waals surface area contributed by atoms with Crippen LogP contribution < -0.4 is 0 Å². The minimum Gasteiger partial charge on any atom is -0.338 e. The molecule has 1 aliphatic rings. The number of aryl methyl sites for hydroxylation is 1. The van der Waals surface area contributed by atoms with Gasteiger partial charge in [-0.2, -0.15) is 0 Å². The van der Waals surface area contributed by atoms with Crippen molar-refractivity contribution in [1.29, 1.82) is 0 Å². The predicted octanol–water partition coefficient (Wildman–Crippen LogP) is 4.78. The van der Waals surface area contributed by atoms with Crippen molar-refractivity contribution in [3.63, 3.8) is 0 Å². The maximum absolute atomic E-state index is 13.4. The Balaban J connectivity index is 1.71. The van der Waals surface area contributed by atoms with E-state index >= 15 is 0 Å². The lowest BCUT2D eigenvalue weighted by molar-refractivity contribution is 0.0672. The van der Waals surface area contributed by atoms with Crippen LogP contribution in [0.25, 0.3) is 11.1 Å². The van der Waals surface area contributed by atoms with E-state index in [-0.39, 0.29) is 5.91 Å². The van der Waals surface area contributed by atoms with E-state index in [1.165, 1.54) is 17.5 Å². The zero-order valence-corrected chi connectivity index (χ0v) is 16.6. The molecular formula is C24H27N3O.